The SMILES string of the molecule is C=CCOc1ccc(NC(=O)CNC)cc1. The molecule has 0 radical (unpaired) electrons. The number of hydrogen-bond donors (Lipinski definition) is 2. The molecule has 0 fully saturated rings. The summed E-state index contributed by atoms with van der Waals surface area (Å²) in [6.07, 6.45) is 1.68. The van der Waals surface area contributed by atoms with Crippen LogP contribution < -0.4 is 15.4 Å². The molecule has 0 heterocycles. The number of ether oxygens (including phenoxy) is 1. The summed E-state index contributed by atoms with van der Waals surface area (Å²) in [6.45, 7) is 4.34. The van der Waals surface area contributed by atoms with Gasteiger partial charge in [0.2, 0.25) is 5.91 Å². The Bertz CT molecular complexity index is 347. The van der Waals surface area contributed by atoms with E-state index in [9.17, 15) is 4.79 Å². The molecule has 1 aromatic rings. The fraction of sp³-hybridized carbons (Fsp3) is 0.250. The Labute approximate surface area is 95.3 Å². The van der Waals surface area contributed by atoms with E-state index in [1.54, 1.807) is 37.4 Å². The van der Waals surface area contributed by atoms with Gasteiger partial charge >= 0.3 is 0 Å². The first kappa shape index (κ1) is 12.3. The molecule has 4 heteroatoms. The molecule has 1 rings (SSSR count). The quantitative estimate of drug-likeness (QED) is 0.713. The van der Waals surface area contributed by atoms with Crippen LogP contribution in [0.5, 0.6) is 5.75 Å². The van der Waals surface area contributed by atoms with Gasteiger partial charge in [0.1, 0.15) is 12.4 Å². The molecule has 16 heavy (non-hydrogen) atoms. The summed E-state index contributed by atoms with van der Waals surface area (Å²) in [4.78, 5) is 11.3. The molecule has 0 saturated heterocycles. The van der Waals surface area contributed by atoms with Gasteiger partial charge in [0.15, 0.2) is 0 Å². The molecule has 0 aliphatic rings. The summed E-state index contributed by atoms with van der Waals surface area (Å²) in [7, 11) is 1.73. The smallest absolute Gasteiger partial charge is 0.238 e. The van der Waals surface area contributed by atoms with E-state index in [0.29, 0.717) is 13.2 Å². The highest BCUT2D eigenvalue weighted by atomic mass is 16.5. The number of amides is 1. The van der Waals surface area contributed by atoms with Gasteiger partial charge in [-0.05, 0) is 31.3 Å². The van der Waals surface area contributed by atoms with Crippen molar-refractivity contribution in [3.63, 3.8) is 0 Å². The minimum absolute atomic E-state index is 0.0674. The van der Waals surface area contributed by atoms with E-state index in [1.165, 1.54) is 0 Å². The molecule has 0 aliphatic carbocycles. The van der Waals surface area contributed by atoms with Crippen LogP contribution in [0.15, 0.2) is 36.9 Å². The summed E-state index contributed by atoms with van der Waals surface area (Å²) in [5.74, 6) is 0.689. The molecule has 4 nitrogen and oxygen atoms in total. The number of hydrogen-bond acceptors (Lipinski definition) is 3. The van der Waals surface area contributed by atoms with Crippen molar-refractivity contribution in [2.24, 2.45) is 0 Å². The molecule has 0 bridgehead atoms. The Hall–Kier alpha value is -1.81. The zero-order valence-corrected chi connectivity index (χ0v) is 9.32. The fourth-order valence-electron chi connectivity index (χ4n) is 1.16. The van der Waals surface area contributed by atoms with Crippen molar-refractivity contribution >= 4 is 11.6 Å². The van der Waals surface area contributed by atoms with E-state index in [0.717, 1.165) is 11.4 Å². The van der Waals surface area contributed by atoms with Crippen LogP contribution in [0.4, 0.5) is 5.69 Å². The van der Waals surface area contributed by atoms with Gasteiger partial charge in [-0.1, -0.05) is 12.7 Å². The highest BCUT2D eigenvalue weighted by Gasteiger charge is 2.00. The van der Waals surface area contributed by atoms with Crippen LogP contribution in [0.2, 0.25) is 0 Å². The normalized spacial score (nSPS) is 9.56. The zero-order chi connectivity index (χ0) is 11.8. The van der Waals surface area contributed by atoms with E-state index in [1.807, 2.05) is 0 Å². The van der Waals surface area contributed by atoms with Crippen LogP contribution in [0.25, 0.3) is 0 Å². The van der Waals surface area contributed by atoms with Crippen LogP contribution in [0.1, 0.15) is 0 Å². The predicted molar refractivity (Wildman–Crippen MR) is 64.7 cm³/mol. The highest BCUT2D eigenvalue weighted by Crippen LogP contribution is 2.15. The summed E-state index contributed by atoms with van der Waals surface area (Å²) in [6, 6.07) is 7.20. The molecule has 0 atom stereocenters. The third-order valence-electron chi connectivity index (χ3n) is 1.84. The van der Waals surface area contributed by atoms with Gasteiger partial charge < -0.3 is 15.4 Å². The molecular formula is C12H16N2O2. The van der Waals surface area contributed by atoms with Crippen molar-refractivity contribution in [1.82, 2.24) is 5.32 Å². The molecule has 2 N–H and O–H groups in total. The Kier molecular flexibility index (Phi) is 5.08. The second-order valence-corrected chi connectivity index (χ2v) is 3.20. The lowest BCUT2D eigenvalue weighted by molar-refractivity contribution is -0.115. The molecule has 86 valence electrons. The first-order chi connectivity index (χ1) is 7.76. The number of anilines is 1. The standard InChI is InChI=1S/C12H16N2O2/c1-3-8-16-11-6-4-10(5-7-11)14-12(15)9-13-2/h3-7,13H,1,8-9H2,2H3,(H,14,15). The van der Waals surface area contributed by atoms with Crippen molar-refractivity contribution in [3.8, 4) is 5.75 Å². The lowest BCUT2D eigenvalue weighted by Gasteiger charge is -2.06. The van der Waals surface area contributed by atoms with Gasteiger partial charge in [0, 0.05) is 5.69 Å². The average molecular weight is 220 g/mol. The van der Waals surface area contributed by atoms with E-state index < -0.39 is 0 Å². The number of rotatable bonds is 6. The molecule has 1 amide bonds. The topological polar surface area (TPSA) is 50.4 Å². The lowest BCUT2D eigenvalue weighted by Crippen LogP contribution is -2.24. The molecule has 0 aromatic heterocycles. The fourth-order valence-corrected chi connectivity index (χ4v) is 1.16. The third-order valence-corrected chi connectivity index (χ3v) is 1.84. The van der Waals surface area contributed by atoms with Crippen LogP contribution in [-0.4, -0.2) is 26.1 Å². The summed E-state index contributed by atoms with van der Waals surface area (Å²) in [5.41, 5.74) is 0.756. The molecule has 1 aromatic carbocycles. The number of carbonyl (C=O) groups is 1. The minimum Gasteiger partial charge on any atom is -0.490 e. The maximum absolute atomic E-state index is 11.3. The van der Waals surface area contributed by atoms with E-state index >= 15 is 0 Å². The van der Waals surface area contributed by atoms with E-state index in [4.69, 9.17) is 4.74 Å². The van der Waals surface area contributed by atoms with Crippen LogP contribution in [0, 0.1) is 0 Å². The van der Waals surface area contributed by atoms with Gasteiger partial charge in [0.25, 0.3) is 0 Å². The van der Waals surface area contributed by atoms with Crippen molar-refractivity contribution in [2.45, 2.75) is 0 Å². The summed E-state index contributed by atoms with van der Waals surface area (Å²) in [5, 5.41) is 5.53. The van der Waals surface area contributed by atoms with E-state index in [-0.39, 0.29) is 5.91 Å². The van der Waals surface area contributed by atoms with E-state index in [2.05, 4.69) is 17.2 Å². The molecule has 0 saturated carbocycles. The molecule has 0 spiro atoms. The molecular weight excluding hydrogens is 204 g/mol. The predicted octanol–water partition coefficient (Wildman–Crippen LogP) is 1.41. The second kappa shape index (κ2) is 6.63. The highest BCUT2D eigenvalue weighted by molar-refractivity contribution is 5.92. The van der Waals surface area contributed by atoms with Gasteiger partial charge in [-0.25, -0.2) is 0 Å². The summed E-state index contributed by atoms with van der Waals surface area (Å²) >= 11 is 0. The van der Waals surface area contributed by atoms with Gasteiger partial charge in [-0.3, -0.25) is 4.79 Å². The maximum Gasteiger partial charge on any atom is 0.238 e. The first-order valence-electron chi connectivity index (χ1n) is 5.04. The maximum atomic E-state index is 11.3. The zero-order valence-electron chi connectivity index (χ0n) is 9.32. The van der Waals surface area contributed by atoms with Crippen molar-refractivity contribution in [2.75, 3.05) is 25.5 Å². The Morgan fingerprint density at radius 3 is 2.69 bits per heavy atom. The van der Waals surface area contributed by atoms with Crippen molar-refractivity contribution < 1.29 is 9.53 Å². The number of carbonyl (C=O) groups excluding carboxylic acids is 1. The Balaban J connectivity index is 2.50. The van der Waals surface area contributed by atoms with Crippen LogP contribution in [-0.2, 0) is 4.79 Å². The van der Waals surface area contributed by atoms with Gasteiger partial charge in [-0.2, -0.15) is 0 Å². The Morgan fingerprint density at radius 1 is 1.44 bits per heavy atom. The second-order valence-electron chi connectivity index (χ2n) is 3.20. The third kappa shape index (κ3) is 4.14. The van der Waals surface area contributed by atoms with Gasteiger partial charge in [-0.15, -0.1) is 0 Å². The Morgan fingerprint density at radius 2 is 2.12 bits per heavy atom. The number of benzene rings is 1. The van der Waals surface area contributed by atoms with Crippen LogP contribution in [0.3, 0.4) is 0 Å². The average Bonchev–Trinajstić information content (AvgIpc) is 2.28. The lowest BCUT2D eigenvalue weighted by atomic mass is 10.3. The van der Waals surface area contributed by atoms with Crippen LogP contribution >= 0.6 is 0 Å². The molecule has 0 aliphatic heterocycles. The number of nitrogens with one attached hydrogen (secondary N) is 2. The van der Waals surface area contributed by atoms with Gasteiger partial charge in [0.05, 0.1) is 6.54 Å². The first-order valence-corrected chi connectivity index (χ1v) is 5.04. The van der Waals surface area contributed by atoms with Crippen molar-refractivity contribution in [3.05, 3.63) is 36.9 Å². The minimum atomic E-state index is -0.0674. The number of likely N-dealkylation sites (N-methyl/N-ethyl adjacent to an activating group) is 1. The largest absolute Gasteiger partial charge is 0.490 e. The monoisotopic (exact) mass is 220 g/mol. The summed E-state index contributed by atoms with van der Waals surface area (Å²) < 4.78 is 5.32. The molecule has 0 unspecified atom stereocenters. The van der Waals surface area contributed by atoms with Crippen molar-refractivity contribution in [1.29, 1.82) is 0 Å².